The minimum absolute atomic E-state index is 0.0899. The number of methoxy groups -OCH3 is 1. The van der Waals surface area contributed by atoms with Crippen LogP contribution in [-0.2, 0) is 19.9 Å². The SMILES string of the molecule is CCOC(=O)c1c(C)oc2cc(OCOC)c(OS(=O)(=O)[O-])cc12. The third kappa shape index (κ3) is 3.96. The van der Waals surface area contributed by atoms with Gasteiger partial charge in [0.25, 0.3) is 10.4 Å². The third-order valence-corrected chi connectivity index (χ3v) is 3.32. The van der Waals surface area contributed by atoms with E-state index in [-0.39, 0.29) is 47.2 Å². The Labute approximate surface area is 138 Å². The zero-order valence-electron chi connectivity index (χ0n) is 13.2. The van der Waals surface area contributed by atoms with Crippen LogP contribution in [0.1, 0.15) is 23.0 Å². The van der Waals surface area contributed by atoms with E-state index in [4.69, 9.17) is 18.6 Å². The molecule has 1 aromatic heterocycles. The predicted octanol–water partition coefficient (Wildman–Crippen LogP) is 1.74. The highest BCUT2D eigenvalue weighted by Gasteiger charge is 2.22. The second kappa shape index (κ2) is 7.07. The Morgan fingerprint density at radius 1 is 1.29 bits per heavy atom. The molecule has 0 N–H and O–H groups in total. The Morgan fingerprint density at radius 2 is 2.00 bits per heavy atom. The Bertz CT molecular complexity index is 851. The first-order valence-electron chi connectivity index (χ1n) is 6.78. The van der Waals surface area contributed by atoms with Crippen molar-refractivity contribution < 1.29 is 40.6 Å². The van der Waals surface area contributed by atoms with E-state index in [0.29, 0.717) is 0 Å². The molecule has 0 atom stereocenters. The fraction of sp³-hybridized carbons (Fsp3) is 0.357. The Morgan fingerprint density at radius 3 is 2.58 bits per heavy atom. The van der Waals surface area contributed by atoms with Crippen LogP contribution in [0.25, 0.3) is 11.0 Å². The molecular weight excluding hydrogens is 344 g/mol. The molecule has 10 heteroatoms. The van der Waals surface area contributed by atoms with Crippen LogP contribution in [0.2, 0.25) is 0 Å². The van der Waals surface area contributed by atoms with Gasteiger partial charge in [0.05, 0.1) is 6.61 Å². The molecule has 2 rings (SSSR count). The number of aryl methyl sites for hydroxylation is 1. The summed E-state index contributed by atoms with van der Waals surface area (Å²) in [6.45, 7) is 3.13. The third-order valence-electron chi connectivity index (χ3n) is 2.93. The lowest BCUT2D eigenvalue weighted by atomic mass is 10.1. The zero-order valence-corrected chi connectivity index (χ0v) is 14.0. The van der Waals surface area contributed by atoms with Gasteiger partial charge in [-0.15, -0.1) is 0 Å². The summed E-state index contributed by atoms with van der Waals surface area (Å²) < 4.78 is 57.4. The number of esters is 1. The largest absolute Gasteiger partial charge is 0.716 e. The van der Waals surface area contributed by atoms with E-state index in [1.807, 2.05) is 0 Å². The van der Waals surface area contributed by atoms with E-state index < -0.39 is 16.4 Å². The summed E-state index contributed by atoms with van der Waals surface area (Å²) in [7, 11) is -3.69. The number of hydrogen-bond donors (Lipinski definition) is 0. The number of carbonyl (C=O) groups is 1. The normalized spacial score (nSPS) is 11.5. The van der Waals surface area contributed by atoms with Crippen molar-refractivity contribution in [2.75, 3.05) is 20.5 Å². The van der Waals surface area contributed by atoms with E-state index in [2.05, 4.69) is 4.18 Å². The van der Waals surface area contributed by atoms with Gasteiger partial charge >= 0.3 is 5.97 Å². The van der Waals surface area contributed by atoms with Gasteiger partial charge in [0.15, 0.2) is 18.3 Å². The number of benzene rings is 1. The minimum Gasteiger partial charge on any atom is -0.716 e. The van der Waals surface area contributed by atoms with Gasteiger partial charge in [-0.3, -0.25) is 0 Å². The Kier molecular flexibility index (Phi) is 5.32. The van der Waals surface area contributed by atoms with Crippen molar-refractivity contribution in [2.24, 2.45) is 0 Å². The molecule has 1 aromatic carbocycles. The van der Waals surface area contributed by atoms with Gasteiger partial charge < -0.3 is 27.4 Å². The molecule has 0 saturated carbocycles. The number of hydrogen-bond acceptors (Lipinski definition) is 9. The molecule has 0 amide bonds. The van der Waals surface area contributed by atoms with Crippen LogP contribution in [0, 0.1) is 6.92 Å². The van der Waals surface area contributed by atoms with Gasteiger partial charge in [-0.25, -0.2) is 13.2 Å². The standard InChI is InChI=1S/C14H16O9S/c1-4-20-14(15)13-8(2)22-10-6-11(21-7-19-3)12(5-9(10)13)23-24(16,17)18/h5-6H,4,7H2,1-3H3,(H,16,17,18)/p-1. The van der Waals surface area contributed by atoms with Gasteiger partial charge in [-0.2, -0.15) is 0 Å². The summed E-state index contributed by atoms with van der Waals surface area (Å²) in [4.78, 5) is 12.0. The first-order valence-corrected chi connectivity index (χ1v) is 8.11. The maximum Gasteiger partial charge on any atom is 0.342 e. The van der Waals surface area contributed by atoms with Crippen molar-refractivity contribution in [1.82, 2.24) is 0 Å². The molecule has 0 radical (unpaired) electrons. The number of fused-ring (bicyclic) bond motifs is 1. The second-order valence-electron chi connectivity index (χ2n) is 4.59. The van der Waals surface area contributed by atoms with Crippen LogP contribution in [0.5, 0.6) is 11.5 Å². The summed E-state index contributed by atoms with van der Waals surface area (Å²) in [5, 5.41) is 0.231. The van der Waals surface area contributed by atoms with E-state index >= 15 is 0 Å². The lowest BCUT2D eigenvalue weighted by Gasteiger charge is -2.13. The smallest absolute Gasteiger partial charge is 0.342 e. The monoisotopic (exact) mass is 359 g/mol. The van der Waals surface area contributed by atoms with Crippen LogP contribution < -0.4 is 8.92 Å². The van der Waals surface area contributed by atoms with E-state index in [9.17, 15) is 17.8 Å². The molecule has 0 bridgehead atoms. The van der Waals surface area contributed by atoms with Crippen LogP contribution in [-0.4, -0.2) is 39.4 Å². The summed E-state index contributed by atoms with van der Waals surface area (Å²) in [5.74, 6) is -0.854. The fourth-order valence-corrected chi connectivity index (χ4v) is 2.44. The highest BCUT2D eigenvalue weighted by Crippen LogP contribution is 2.37. The molecule has 2 aromatic rings. The second-order valence-corrected chi connectivity index (χ2v) is 5.57. The molecule has 0 aliphatic rings. The van der Waals surface area contributed by atoms with Gasteiger partial charge in [-0.05, 0) is 19.9 Å². The number of rotatable bonds is 7. The first-order chi connectivity index (χ1) is 11.3. The van der Waals surface area contributed by atoms with E-state index in [1.54, 1.807) is 13.8 Å². The summed E-state index contributed by atoms with van der Waals surface area (Å²) >= 11 is 0. The van der Waals surface area contributed by atoms with E-state index in [0.717, 1.165) is 0 Å². The molecule has 0 saturated heterocycles. The zero-order chi connectivity index (χ0) is 17.9. The molecule has 0 unspecified atom stereocenters. The van der Waals surface area contributed by atoms with Crippen molar-refractivity contribution in [3.05, 3.63) is 23.5 Å². The predicted molar refractivity (Wildman–Crippen MR) is 79.7 cm³/mol. The topological polar surface area (TPSA) is 124 Å². The highest BCUT2D eigenvalue weighted by atomic mass is 32.3. The molecule has 9 nitrogen and oxygen atoms in total. The van der Waals surface area contributed by atoms with Gasteiger partial charge in [-0.1, -0.05) is 0 Å². The fourth-order valence-electron chi connectivity index (χ4n) is 2.09. The first kappa shape index (κ1) is 18.0. The van der Waals surface area contributed by atoms with Gasteiger partial charge in [0, 0.05) is 18.6 Å². The highest BCUT2D eigenvalue weighted by molar-refractivity contribution is 7.81. The van der Waals surface area contributed by atoms with Crippen molar-refractivity contribution in [3.63, 3.8) is 0 Å². The molecular formula is C14H15O9S-. The number of furan rings is 1. The summed E-state index contributed by atoms with van der Waals surface area (Å²) in [6.07, 6.45) is 0. The minimum atomic E-state index is -5.05. The molecule has 132 valence electrons. The number of ether oxygens (including phenoxy) is 3. The number of carbonyl (C=O) groups excluding carboxylic acids is 1. The maximum atomic E-state index is 12.0. The van der Waals surface area contributed by atoms with Crippen LogP contribution in [0.4, 0.5) is 0 Å². The van der Waals surface area contributed by atoms with Gasteiger partial charge in [0.2, 0.25) is 0 Å². The lowest BCUT2D eigenvalue weighted by Crippen LogP contribution is -2.10. The van der Waals surface area contributed by atoms with Crippen molar-refractivity contribution in [3.8, 4) is 11.5 Å². The molecule has 24 heavy (non-hydrogen) atoms. The van der Waals surface area contributed by atoms with Crippen LogP contribution in [0.15, 0.2) is 16.5 Å². The molecule has 1 heterocycles. The average Bonchev–Trinajstić information content (AvgIpc) is 2.78. The average molecular weight is 359 g/mol. The summed E-state index contributed by atoms with van der Waals surface area (Å²) in [6, 6.07) is 2.46. The van der Waals surface area contributed by atoms with Crippen LogP contribution >= 0.6 is 0 Å². The maximum absolute atomic E-state index is 12.0. The van der Waals surface area contributed by atoms with Crippen molar-refractivity contribution >= 4 is 27.3 Å². The van der Waals surface area contributed by atoms with Crippen molar-refractivity contribution in [2.45, 2.75) is 13.8 Å². The Hall–Kier alpha value is -2.30. The molecule has 0 aliphatic heterocycles. The molecule has 0 aliphatic carbocycles. The van der Waals surface area contributed by atoms with Gasteiger partial charge in [0.1, 0.15) is 16.9 Å². The van der Waals surface area contributed by atoms with E-state index in [1.165, 1.54) is 19.2 Å². The van der Waals surface area contributed by atoms with Crippen LogP contribution in [0.3, 0.4) is 0 Å². The molecule has 0 fully saturated rings. The quantitative estimate of drug-likeness (QED) is 0.314. The molecule has 0 spiro atoms. The summed E-state index contributed by atoms with van der Waals surface area (Å²) in [5.41, 5.74) is 0.343. The Balaban J connectivity index is 2.62. The lowest BCUT2D eigenvalue weighted by molar-refractivity contribution is 0.0498. The van der Waals surface area contributed by atoms with Crippen molar-refractivity contribution in [1.29, 1.82) is 0 Å².